The number of aromatic nitrogens is 2. The number of halogens is 4. The van der Waals surface area contributed by atoms with E-state index in [-0.39, 0.29) is 6.04 Å². The molecule has 1 atom stereocenters. The van der Waals surface area contributed by atoms with E-state index >= 15 is 0 Å². The maximum absolute atomic E-state index is 13.2. The highest BCUT2D eigenvalue weighted by atomic mass is 35.5. The zero-order valence-corrected chi connectivity index (χ0v) is 19.4. The molecule has 35 heavy (non-hydrogen) atoms. The smallest absolute Gasteiger partial charge is 0.416 e. The third kappa shape index (κ3) is 5.18. The number of hydrogen-bond acceptors (Lipinski definition) is 5. The molecule has 2 heterocycles. The Bertz CT molecular complexity index is 1270. The monoisotopic (exact) mass is 498 g/mol. The summed E-state index contributed by atoms with van der Waals surface area (Å²) in [6.45, 7) is 2.38. The number of hydrogen-bond donors (Lipinski definition) is 0. The van der Waals surface area contributed by atoms with E-state index < -0.39 is 11.7 Å². The lowest BCUT2D eigenvalue weighted by atomic mass is 10.0. The molecule has 5 nitrogen and oxygen atoms in total. The molecule has 1 fully saturated rings. The minimum absolute atomic E-state index is 0.270. The van der Waals surface area contributed by atoms with Crippen LogP contribution in [0.3, 0.4) is 0 Å². The van der Waals surface area contributed by atoms with Gasteiger partial charge in [-0.3, -0.25) is 4.90 Å². The van der Waals surface area contributed by atoms with Crippen LogP contribution < -0.4 is 4.90 Å². The Labute approximate surface area is 205 Å². The molecule has 0 bridgehead atoms. The van der Waals surface area contributed by atoms with Gasteiger partial charge in [0.15, 0.2) is 0 Å². The van der Waals surface area contributed by atoms with E-state index in [1.54, 1.807) is 18.2 Å². The van der Waals surface area contributed by atoms with E-state index in [1.807, 2.05) is 47.4 Å². The Balaban J connectivity index is 1.38. The van der Waals surface area contributed by atoms with Gasteiger partial charge in [-0.1, -0.05) is 48.0 Å². The molecular formula is C26H22ClF3N4O. The van der Waals surface area contributed by atoms with Gasteiger partial charge < -0.3 is 9.32 Å². The fourth-order valence-corrected chi connectivity index (χ4v) is 4.44. The van der Waals surface area contributed by atoms with Crippen LogP contribution in [0.15, 0.2) is 83.3 Å². The minimum atomic E-state index is -4.37. The van der Waals surface area contributed by atoms with Crippen molar-refractivity contribution >= 4 is 17.3 Å². The number of benzene rings is 3. The number of rotatable bonds is 5. The first-order chi connectivity index (χ1) is 16.9. The zero-order valence-electron chi connectivity index (χ0n) is 18.6. The van der Waals surface area contributed by atoms with Crippen LogP contribution in [-0.2, 0) is 6.18 Å². The summed E-state index contributed by atoms with van der Waals surface area (Å²) < 4.78 is 45.6. The zero-order chi connectivity index (χ0) is 24.4. The molecule has 0 spiro atoms. The second kappa shape index (κ2) is 9.71. The molecule has 9 heteroatoms. The highest BCUT2D eigenvalue weighted by Crippen LogP contribution is 2.34. The van der Waals surface area contributed by atoms with Gasteiger partial charge in [0.25, 0.3) is 0 Å². The molecule has 180 valence electrons. The van der Waals surface area contributed by atoms with Gasteiger partial charge in [0, 0.05) is 42.5 Å². The van der Waals surface area contributed by atoms with Crippen molar-refractivity contribution in [2.24, 2.45) is 0 Å². The van der Waals surface area contributed by atoms with E-state index in [1.165, 1.54) is 12.1 Å². The maximum Gasteiger partial charge on any atom is 0.416 e. The second-order valence-electron chi connectivity index (χ2n) is 8.34. The van der Waals surface area contributed by atoms with E-state index in [0.717, 1.165) is 17.2 Å². The van der Waals surface area contributed by atoms with Crippen molar-refractivity contribution in [3.05, 3.63) is 101 Å². The van der Waals surface area contributed by atoms with Crippen LogP contribution in [0, 0.1) is 0 Å². The SMILES string of the molecule is FC(F)(F)c1cccc(N2CCN(C(c3ccccc3)c3nnc(-c4ccc(Cl)cc4)o3)CC2)c1. The van der Waals surface area contributed by atoms with Crippen LogP contribution in [0.2, 0.25) is 5.02 Å². The van der Waals surface area contributed by atoms with E-state index in [9.17, 15) is 13.2 Å². The molecule has 1 unspecified atom stereocenters. The fourth-order valence-electron chi connectivity index (χ4n) is 4.32. The van der Waals surface area contributed by atoms with Gasteiger partial charge in [-0.2, -0.15) is 13.2 Å². The molecule has 5 rings (SSSR count). The number of piperazine rings is 1. The summed E-state index contributed by atoms with van der Waals surface area (Å²) >= 11 is 5.99. The predicted molar refractivity (Wildman–Crippen MR) is 128 cm³/mol. The van der Waals surface area contributed by atoms with Crippen molar-refractivity contribution in [1.82, 2.24) is 15.1 Å². The van der Waals surface area contributed by atoms with Crippen LogP contribution in [0.5, 0.6) is 0 Å². The van der Waals surface area contributed by atoms with E-state index in [2.05, 4.69) is 15.1 Å². The van der Waals surface area contributed by atoms with Crippen molar-refractivity contribution in [2.75, 3.05) is 31.1 Å². The average molecular weight is 499 g/mol. The van der Waals surface area contributed by atoms with Crippen LogP contribution in [0.4, 0.5) is 18.9 Å². The molecule has 1 aliphatic heterocycles. The average Bonchev–Trinajstić information content (AvgIpc) is 3.35. The minimum Gasteiger partial charge on any atom is -0.419 e. The molecule has 0 aliphatic carbocycles. The molecule has 0 radical (unpaired) electrons. The third-order valence-corrected chi connectivity index (χ3v) is 6.35. The Kier molecular flexibility index (Phi) is 6.49. The summed E-state index contributed by atoms with van der Waals surface area (Å²) in [5.74, 6) is 0.869. The lowest BCUT2D eigenvalue weighted by molar-refractivity contribution is -0.137. The predicted octanol–water partition coefficient (Wildman–Crippen LogP) is 6.32. The first-order valence-electron chi connectivity index (χ1n) is 11.2. The van der Waals surface area contributed by atoms with Crippen molar-refractivity contribution in [3.63, 3.8) is 0 Å². The summed E-state index contributed by atoms with van der Waals surface area (Å²) in [5.41, 5.74) is 1.71. The van der Waals surface area contributed by atoms with Crippen molar-refractivity contribution in [2.45, 2.75) is 12.2 Å². The van der Waals surface area contributed by atoms with Gasteiger partial charge in [-0.15, -0.1) is 10.2 Å². The van der Waals surface area contributed by atoms with Gasteiger partial charge in [0.05, 0.1) is 5.56 Å². The highest BCUT2D eigenvalue weighted by molar-refractivity contribution is 6.30. The maximum atomic E-state index is 13.2. The normalized spacial score (nSPS) is 15.8. The first-order valence-corrected chi connectivity index (χ1v) is 11.6. The molecule has 1 saturated heterocycles. The van der Waals surface area contributed by atoms with Crippen molar-refractivity contribution in [3.8, 4) is 11.5 Å². The van der Waals surface area contributed by atoms with Gasteiger partial charge >= 0.3 is 6.18 Å². The van der Waals surface area contributed by atoms with Gasteiger partial charge in [-0.05, 0) is 48.0 Å². The fraction of sp³-hybridized carbons (Fsp3) is 0.231. The van der Waals surface area contributed by atoms with Crippen LogP contribution in [0.1, 0.15) is 23.1 Å². The number of alkyl halides is 3. The van der Waals surface area contributed by atoms with Crippen molar-refractivity contribution in [1.29, 1.82) is 0 Å². The molecule has 4 aromatic rings. The van der Waals surface area contributed by atoms with Gasteiger partial charge in [0.1, 0.15) is 6.04 Å². The summed E-state index contributed by atoms with van der Waals surface area (Å²) in [5, 5.41) is 9.22. The second-order valence-corrected chi connectivity index (χ2v) is 8.77. The van der Waals surface area contributed by atoms with Crippen LogP contribution in [-0.4, -0.2) is 41.3 Å². The summed E-state index contributed by atoms with van der Waals surface area (Å²) in [6.07, 6.45) is -4.37. The van der Waals surface area contributed by atoms with E-state index in [0.29, 0.717) is 48.7 Å². The number of nitrogens with zero attached hydrogens (tertiary/aromatic N) is 4. The quantitative estimate of drug-likeness (QED) is 0.322. The Morgan fingerprint density at radius 3 is 2.23 bits per heavy atom. The van der Waals surface area contributed by atoms with Gasteiger partial charge in [-0.25, -0.2) is 0 Å². The van der Waals surface area contributed by atoms with Gasteiger partial charge in [0.2, 0.25) is 11.8 Å². The standard InChI is InChI=1S/C26H22ClF3N4O/c27-21-11-9-19(10-12-21)24-31-32-25(35-24)23(18-5-2-1-3-6-18)34-15-13-33(14-16-34)22-8-4-7-20(17-22)26(28,29)30/h1-12,17,23H,13-16H2. The molecule has 3 aromatic carbocycles. The molecule has 1 aromatic heterocycles. The van der Waals surface area contributed by atoms with E-state index in [4.69, 9.17) is 16.0 Å². The molecule has 1 aliphatic rings. The summed E-state index contributed by atoms with van der Waals surface area (Å²) in [6, 6.07) is 22.3. The largest absolute Gasteiger partial charge is 0.419 e. The highest BCUT2D eigenvalue weighted by Gasteiger charge is 2.33. The van der Waals surface area contributed by atoms with Crippen LogP contribution >= 0.6 is 11.6 Å². The Morgan fingerprint density at radius 1 is 0.829 bits per heavy atom. The first kappa shape index (κ1) is 23.4. The lowest BCUT2D eigenvalue weighted by Gasteiger charge is -2.39. The molecular weight excluding hydrogens is 477 g/mol. The summed E-state index contributed by atoms with van der Waals surface area (Å²) in [4.78, 5) is 4.19. The third-order valence-electron chi connectivity index (χ3n) is 6.10. The van der Waals surface area contributed by atoms with Crippen LogP contribution in [0.25, 0.3) is 11.5 Å². The Hall–Kier alpha value is -3.36. The number of anilines is 1. The molecule has 0 saturated carbocycles. The summed E-state index contributed by atoms with van der Waals surface area (Å²) in [7, 11) is 0. The molecule has 0 amide bonds. The lowest BCUT2D eigenvalue weighted by Crippen LogP contribution is -2.48. The van der Waals surface area contributed by atoms with Crippen molar-refractivity contribution < 1.29 is 17.6 Å². The molecule has 0 N–H and O–H groups in total. The topological polar surface area (TPSA) is 45.4 Å². The Morgan fingerprint density at radius 2 is 1.54 bits per heavy atom.